The van der Waals surface area contributed by atoms with Crippen LogP contribution < -0.4 is 5.32 Å². The Bertz CT molecular complexity index is 1150. The number of aromatic nitrogens is 1. The number of pyridine rings is 1. The molecule has 2 aromatic heterocycles. The van der Waals surface area contributed by atoms with Crippen molar-refractivity contribution in [3.8, 4) is 0 Å². The predicted molar refractivity (Wildman–Crippen MR) is 123 cm³/mol. The van der Waals surface area contributed by atoms with Crippen molar-refractivity contribution in [2.75, 3.05) is 25.5 Å². The predicted octanol–water partition coefficient (Wildman–Crippen LogP) is 4.20. The van der Waals surface area contributed by atoms with Crippen molar-refractivity contribution in [3.63, 3.8) is 0 Å². The van der Waals surface area contributed by atoms with Crippen LogP contribution in [0.3, 0.4) is 0 Å². The molecule has 160 valence electrons. The van der Waals surface area contributed by atoms with E-state index in [1.165, 1.54) is 18.4 Å². The van der Waals surface area contributed by atoms with Crippen LogP contribution in [-0.4, -0.2) is 46.9 Å². The number of benzene rings is 1. The first kappa shape index (κ1) is 19.8. The monoisotopic (exact) mass is 416 g/mol. The van der Waals surface area contributed by atoms with E-state index in [1.807, 2.05) is 43.5 Å². The molecule has 3 aromatic rings. The number of nitrogens with zero attached hydrogens (tertiary/aromatic N) is 3. The number of hydrogen-bond acceptors (Lipinski definition) is 5. The van der Waals surface area contributed by atoms with Gasteiger partial charge in [-0.25, -0.2) is 4.98 Å². The van der Waals surface area contributed by atoms with Crippen LogP contribution in [0.4, 0.5) is 5.82 Å². The summed E-state index contributed by atoms with van der Waals surface area (Å²) in [4.78, 5) is 21.5. The van der Waals surface area contributed by atoms with Gasteiger partial charge in [0.15, 0.2) is 0 Å². The van der Waals surface area contributed by atoms with Crippen molar-refractivity contribution < 1.29 is 9.21 Å². The maximum Gasteiger partial charge on any atom is 0.246 e. The van der Waals surface area contributed by atoms with E-state index in [-0.39, 0.29) is 5.91 Å². The number of anilines is 1. The maximum atomic E-state index is 12.7. The van der Waals surface area contributed by atoms with Gasteiger partial charge in [0.1, 0.15) is 17.2 Å². The minimum atomic E-state index is -0.0625. The van der Waals surface area contributed by atoms with Crippen LogP contribution in [0.5, 0.6) is 0 Å². The molecule has 0 aliphatic carbocycles. The normalized spacial score (nSPS) is 18.6. The molecule has 2 aliphatic heterocycles. The molecule has 6 heteroatoms. The van der Waals surface area contributed by atoms with Gasteiger partial charge in [-0.15, -0.1) is 0 Å². The Hall–Kier alpha value is -3.12. The van der Waals surface area contributed by atoms with Crippen molar-refractivity contribution >= 4 is 28.8 Å². The molecule has 1 fully saturated rings. The van der Waals surface area contributed by atoms with Crippen LogP contribution in [0.25, 0.3) is 17.0 Å². The summed E-state index contributed by atoms with van der Waals surface area (Å²) in [6.07, 6.45) is 7.81. The Morgan fingerprint density at radius 1 is 1.39 bits per heavy atom. The van der Waals surface area contributed by atoms with Gasteiger partial charge in [-0.05, 0) is 50.1 Å². The number of likely N-dealkylation sites (N-methyl/N-ethyl adjacent to an activating group) is 1. The zero-order valence-electron chi connectivity index (χ0n) is 18.1. The third-order valence-electron chi connectivity index (χ3n) is 6.48. The molecule has 6 nitrogen and oxygen atoms in total. The number of amides is 1. The van der Waals surface area contributed by atoms with E-state index in [9.17, 15) is 4.79 Å². The number of hydrogen-bond donors (Lipinski definition) is 1. The Labute approximate surface area is 182 Å². The van der Waals surface area contributed by atoms with Gasteiger partial charge < -0.3 is 14.6 Å². The molecule has 0 radical (unpaired) electrons. The minimum absolute atomic E-state index is 0.0625. The second kappa shape index (κ2) is 8.19. The lowest BCUT2D eigenvalue weighted by Gasteiger charge is -2.20. The summed E-state index contributed by atoms with van der Waals surface area (Å²) in [7, 11) is 1.80. The van der Waals surface area contributed by atoms with Crippen LogP contribution >= 0.6 is 0 Å². The van der Waals surface area contributed by atoms with Gasteiger partial charge in [0, 0.05) is 55.0 Å². The summed E-state index contributed by atoms with van der Waals surface area (Å²) in [6.45, 7) is 5.50. The van der Waals surface area contributed by atoms with E-state index in [2.05, 4.69) is 21.3 Å². The summed E-state index contributed by atoms with van der Waals surface area (Å²) in [5.41, 5.74) is 4.09. The highest BCUT2D eigenvalue weighted by Crippen LogP contribution is 2.28. The fourth-order valence-corrected chi connectivity index (χ4v) is 4.63. The summed E-state index contributed by atoms with van der Waals surface area (Å²) >= 11 is 0. The number of carbonyl (C=O) groups is 1. The summed E-state index contributed by atoms with van der Waals surface area (Å²) in [5, 5.41) is 4.58. The molecule has 2 aliphatic rings. The largest absolute Gasteiger partial charge is 0.459 e. The highest BCUT2D eigenvalue weighted by Gasteiger charge is 2.28. The SMILES string of the molecule is Cc1c(CN(C)C(=O)C=Cc2cnc3c(c2)CN2CCC[C@H]2CN3)oc2ccccc12. The Balaban J connectivity index is 1.27. The van der Waals surface area contributed by atoms with Crippen LogP contribution in [0.2, 0.25) is 0 Å². The Morgan fingerprint density at radius 3 is 3.13 bits per heavy atom. The van der Waals surface area contributed by atoms with Crippen LogP contribution in [-0.2, 0) is 17.9 Å². The highest BCUT2D eigenvalue weighted by atomic mass is 16.3. The van der Waals surface area contributed by atoms with Crippen LogP contribution in [0.15, 0.2) is 47.0 Å². The quantitative estimate of drug-likeness (QED) is 0.646. The molecule has 0 saturated carbocycles. The van der Waals surface area contributed by atoms with E-state index in [4.69, 9.17) is 4.42 Å². The number of furan rings is 1. The van der Waals surface area contributed by atoms with Gasteiger partial charge in [-0.2, -0.15) is 0 Å². The van der Waals surface area contributed by atoms with Gasteiger partial charge in [0.25, 0.3) is 0 Å². The van der Waals surface area contributed by atoms with E-state index in [0.29, 0.717) is 12.6 Å². The lowest BCUT2D eigenvalue weighted by Crippen LogP contribution is -2.31. The molecule has 0 unspecified atom stereocenters. The molecule has 5 rings (SSSR count). The number of fused-ring (bicyclic) bond motifs is 3. The minimum Gasteiger partial charge on any atom is -0.459 e. The van der Waals surface area contributed by atoms with E-state index >= 15 is 0 Å². The fraction of sp³-hybridized carbons (Fsp3) is 0.360. The van der Waals surface area contributed by atoms with Crippen molar-refractivity contribution in [2.24, 2.45) is 0 Å². The molecule has 31 heavy (non-hydrogen) atoms. The van der Waals surface area contributed by atoms with Crippen LogP contribution in [0.1, 0.15) is 35.3 Å². The van der Waals surface area contributed by atoms with Crippen molar-refractivity contribution in [1.82, 2.24) is 14.8 Å². The van der Waals surface area contributed by atoms with E-state index < -0.39 is 0 Å². The van der Waals surface area contributed by atoms with E-state index in [0.717, 1.165) is 53.3 Å². The molecule has 0 bridgehead atoms. The summed E-state index contributed by atoms with van der Waals surface area (Å²) in [5.74, 6) is 1.73. The highest BCUT2D eigenvalue weighted by molar-refractivity contribution is 5.91. The molecular weight excluding hydrogens is 388 g/mol. The lowest BCUT2D eigenvalue weighted by molar-refractivity contribution is -0.125. The molecule has 0 spiro atoms. The Kier molecular flexibility index (Phi) is 5.24. The van der Waals surface area contributed by atoms with Gasteiger partial charge in [0.2, 0.25) is 5.91 Å². The number of nitrogens with one attached hydrogen (secondary N) is 1. The molecule has 1 aromatic carbocycles. The van der Waals surface area contributed by atoms with Crippen molar-refractivity contribution in [2.45, 2.75) is 38.9 Å². The van der Waals surface area contributed by atoms with Gasteiger partial charge in [0.05, 0.1) is 6.54 Å². The van der Waals surface area contributed by atoms with Crippen molar-refractivity contribution in [1.29, 1.82) is 0 Å². The summed E-state index contributed by atoms with van der Waals surface area (Å²) < 4.78 is 5.95. The first-order valence-electron chi connectivity index (χ1n) is 11.0. The Morgan fingerprint density at radius 2 is 2.26 bits per heavy atom. The second-order valence-electron chi connectivity index (χ2n) is 8.60. The molecule has 1 N–H and O–H groups in total. The second-order valence-corrected chi connectivity index (χ2v) is 8.60. The van der Waals surface area contributed by atoms with Gasteiger partial charge in [-0.3, -0.25) is 9.69 Å². The smallest absolute Gasteiger partial charge is 0.246 e. The molecule has 1 amide bonds. The first-order valence-corrected chi connectivity index (χ1v) is 11.0. The maximum absolute atomic E-state index is 12.7. The number of rotatable bonds is 4. The van der Waals surface area contributed by atoms with Crippen molar-refractivity contribution in [3.05, 3.63) is 65.1 Å². The van der Waals surface area contributed by atoms with E-state index in [1.54, 1.807) is 18.0 Å². The first-order chi connectivity index (χ1) is 15.1. The topological polar surface area (TPSA) is 61.6 Å². The number of carbonyl (C=O) groups excluding carboxylic acids is 1. The zero-order valence-corrected chi connectivity index (χ0v) is 18.1. The number of aryl methyl sites for hydroxylation is 1. The average Bonchev–Trinajstić information content (AvgIpc) is 3.30. The standard InChI is InChI=1S/C25H28N4O2/c1-17-21-7-3-4-8-22(21)31-23(17)16-28(2)24(30)10-9-18-12-19-15-29-11-5-6-20(29)14-27-25(19)26-13-18/h3-4,7-10,12-13,20H,5-6,11,14-16H2,1-2H3,(H,26,27)/t20-/m0/s1. The number of para-hydroxylation sites is 1. The zero-order chi connectivity index (χ0) is 21.4. The lowest BCUT2D eigenvalue weighted by atomic mass is 10.1. The molecule has 1 atom stereocenters. The third-order valence-corrected chi connectivity index (χ3v) is 6.48. The molecule has 1 saturated heterocycles. The average molecular weight is 417 g/mol. The third kappa shape index (κ3) is 3.95. The van der Waals surface area contributed by atoms with Gasteiger partial charge in [-0.1, -0.05) is 18.2 Å². The molecular formula is C25H28N4O2. The van der Waals surface area contributed by atoms with Crippen LogP contribution in [0, 0.1) is 6.92 Å². The molecule has 4 heterocycles. The fourth-order valence-electron chi connectivity index (χ4n) is 4.63. The summed E-state index contributed by atoms with van der Waals surface area (Å²) in [6, 6.07) is 10.7. The van der Waals surface area contributed by atoms with Gasteiger partial charge >= 0.3 is 0 Å².